The highest BCUT2D eigenvalue weighted by Gasteiger charge is 2.37. The summed E-state index contributed by atoms with van der Waals surface area (Å²) in [6.45, 7) is 9.15. The Bertz CT molecular complexity index is 617. The van der Waals surface area contributed by atoms with Gasteiger partial charge in [-0.2, -0.15) is 0 Å². The fourth-order valence-electron chi connectivity index (χ4n) is 2.25. The average Bonchev–Trinajstić information content (AvgIpc) is 2.43. The van der Waals surface area contributed by atoms with Gasteiger partial charge in [0.1, 0.15) is 12.4 Å². The molecule has 1 aromatic rings. The molecule has 0 amide bonds. The molecule has 0 saturated carbocycles. The first-order chi connectivity index (χ1) is 10.1. The third kappa shape index (κ3) is 4.68. The Labute approximate surface area is 131 Å². The molecular weight excluding hydrogens is 278 g/mol. The number of benzene rings is 1. The van der Waals surface area contributed by atoms with E-state index in [1.54, 1.807) is 38.1 Å². The van der Waals surface area contributed by atoms with Gasteiger partial charge in [-0.1, -0.05) is 32.9 Å². The van der Waals surface area contributed by atoms with Gasteiger partial charge in [-0.3, -0.25) is 10.2 Å². The maximum atomic E-state index is 12.3. The van der Waals surface area contributed by atoms with Gasteiger partial charge in [0.15, 0.2) is 0 Å². The van der Waals surface area contributed by atoms with E-state index in [4.69, 9.17) is 10.1 Å². The first-order valence-electron chi connectivity index (χ1n) is 7.15. The lowest BCUT2D eigenvalue weighted by molar-refractivity contribution is -0.137. The molecule has 0 saturated heterocycles. The van der Waals surface area contributed by atoms with Crippen LogP contribution in [-0.4, -0.2) is 24.2 Å². The monoisotopic (exact) mass is 301 g/mol. The molecule has 0 aliphatic carbocycles. The summed E-state index contributed by atoms with van der Waals surface area (Å²) in [7, 11) is 0. The normalized spacial score (nSPS) is 11.5. The van der Waals surface area contributed by atoms with Gasteiger partial charge in [0.05, 0.1) is 11.0 Å². The number of nitrogens with one attached hydrogen (secondary N) is 1. The number of carbonyl (C=O) groups excluding carboxylic acids is 2. The minimum Gasteiger partial charge on any atom is -0.461 e. The van der Waals surface area contributed by atoms with Gasteiger partial charge in [0, 0.05) is 11.5 Å². The van der Waals surface area contributed by atoms with E-state index < -0.39 is 16.8 Å². The van der Waals surface area contributed by atoms with Crippen molar-refractivity contribution in [2.24, 2.45) is 10.8 Å². The summed E-state index contributed by atoms with van der Waals surface area (Å²) in [5.41, 5.74) is -0.122. The molecule has 0 aromatic heterocycles. The van der Waals surface area contributed by atoms with Crippen molar-refractivity contribution in [3.05, 3.63) is 35.4 Å². The van der Waals surface area contributed by atoms with E-state index in [0.29, 0.717) is 11.1 Å². The van der Waals surface area contributed by atoms with Crippen molar-refractivity contribution in [3.8, 4) is 0 Å². The SMILES string of the molecule is CC(C)(C)C(=O)C(C)(C)COC(=O)c1cccc(C=C=N)c1. The Hall–Kier alpha value is -2.19. The molecule has 0 fully saturated rings. The summed E-state index contributed by atoms with van der Waals surface area (Å²) in [5, 5.41) is 6.93. The molecule has 0 radical (unpaired) electrons. The molecule has 118 valence electrons. The maximum Gasteiger partial charge on any atom is 0.338 e. The van der Waals surface area contributed by atoms with Crippen molar-refractivity contribution in [3.63, 3.8) is 0 Å². The van der Waals surface area contributed by atoms with Gasteiger partial charge >= 0.3 is 5.97 Å². The fourth-order valence-corrected chi connectivity index (χ4v) is 2.25. The Balaban J connectivity index is 2.80. The van der Waals surface area contributed by atoms with Crippen LogP contribution in [-0.2, 0) is 9.53 Å². The smallest absolute Gasteiger partial charge is 0.338 e. The summed E-state index contributed by atoms with van der Waals surface area (Å²) in [5.74, 6) is 1.74. The third-order valence-electron chi connectivity index (χ3n) is 3.22. The Kier molecular flexibility index (Phi) is 5.45. The van der Waals surface area contributed by atoms with Crippen molar-refractivity contribution in [2.45, 2.75) is 34.6 Å². The molecule has 1 N–H and O–H groups in total. The second kappa shape index (κ2) is 6.71. The van der Waals surface area contributed by atoms with Crippen LogP contribution < -0.4 is 0 Å². The lowest BCUT2D eigenvalue weighted by Gasteiger charge is -2.30. The predicted octanol–water partition coefficient (Wildman–Crippen LogP) is 3.75. The van der Waals surface area contributed by atoms with Gasteiger partial charge in [0.2, 0.25) is 0 Å². The van der Waals surface area contributed by atoms with E-state index >= 15 is 0 Å². The Morgan fingerprint density at radius 2 is 1.86 bits per heavy atom. The average molecular weight is 301 g/mol. The molecule has 0 aliphatic rings. The number of ether oxygens (including phenoxy) is 1. The summed E-state index contributed by atoms with van der Waals surface area (Å²) in [4.78, 5) is 24.5. The van der Waals surface area contributed by atoms with Gasteiger partial charge in [-0.15, -0.1) is 0 Å². The summed E-state index contributed by atoms with van der Waals surface area (Å²) in [6, 6.07) is 6.75. The largest absolute Gasteiger partial charge is 0.461 e. The molecule has 0 unspecified atom stereocenters. The summed E-state index contributed by atoms with van der Waals surface area (Å²) in [6.07, 6.45) is 1.46. The number of carbonyl (C=O) groups is 2. The summed E-state index contributed by atoms with van der Waals surface area (Å²) >= 11 is 0. The molecule has 4 nitrogen and oxygen atoms in total. The highest BCUT2D eigenvalue weighted by atomic mass is 16.5. The van der Waals surface area contributed by atoms with Crippen LogP contribution in [0.15, 0.2) is 24.3 Å². The molecule has 22 heavy (non-hydrogen) atoms. The van der Waals surface area contributed by atoms with Gasteiger partial charge in [-0.25, -0.2) is 4.79 Å². The first-order valence-corrected chi connectivity index (χ1v) is 7.15. The molecule has 4 heteroatoms. The molecule has 0 bridgehead atoms. The predicted molar refractivity (Wildman–Crippen MR) is 87.2 cm³/mol. The number of esters is 1. The molecular formula is C18H23NO3. The van der Waals surface area contributed by atoms with Crippen LogP contribution in [0.4, 0.5) is 0 Å². The lowest BCUT2D eigenvalue weighted by Crippen LogP contribution is -2.38. The lowest BCUT2D eigenvalue weighted by atomic mass is 9.75. The van der Waals surface area contributed by atoms with Crippen molar-refractivity contribution < 1.29 is 14.3 Å². The first kappa shape index (κ1) is 17.9. The van der Waals surface area contributed by atoms with Crippen LogP contribution in [0.3, 0.4) is 0 Å². The second-order valence-electron chi connectivity index (χ2n) is 6.95. The summed E-state index contributed by atoms with van der Waals surface area (Å²) < 4.78 is 5.30. The Morgan fingerprint density at radius 3 is 2.41 bits per heavy atom. The highest BCUT2D eigenvalue weighted by Crippen LogP contribution is 2.29. The zero-order valence-corrected chi connectivity index (χ0v) is 13.8. The van der Waals surface area contributed by atoms with E-state index in [-0.39, 0.29) is 12.4 Å². The number of rotatable bonds is 5. The molecule has 0 atom stereocenters. The van der Waals surface area contributed by atoms with Gasteiger partial charge in [0.25, 0.3) is 0 Å². The molecule has 0 aliphatic heterocycles. The van der Waals surface area contributed by atoms with Gasteiger partial charge < -0.3 is 4.74 Å². The third-order valence-corrected chi connectivity index (χ3v) is 3.22. The van der Waals surface area contributed by atoms with Crippen LogP contribution >= 0.6 is 0 Å². The van der Waals surface area contributed by atoms with E-state index in [1.165, 1.54) is 6.08 Å². The van der Waals surface area contributed by atoms with Crippen LogP contribution in [0.2, 0.25) is 0 Å². The number of hydrogen-bond acceptors (Lipinski definition) is 4. The van der Waals surface area contributed by atoms with Crippen molar-refractivity contribution in [1.82, 2.24) is 0 Å². The zero-order valence-electron chi connectivity index (χ0n) is 13.8. The number of Topliss-reactive ketones (excluding diaryl/α,β-unsaturated/α-hetero) is 1. The molecule has 0 spiro atoms. The van der Waals surface area contributed by atoms with Crippen LogP contribution in [0.1, 0.15) is 50.5 Å². The van der Waals surface area contributed by atoms with Gasteiger partial charge in [-0.05, 0) is 37.4 Å². The number of hydrogen-bond donors (Lipinski definition) is 1. The van der Waals surface area contributed by atoms with Crippen molar-refractivity contribution in [2.75, 3.05) is 6.61 Å². The minimum absolute atomic E-state index is 0.0343. The molecule has 0 heterocycles. The van der Waals surface area contributed by atoms with E-state index in [9.17, 15) is 9.59 Å². The van der Waals surface area contributed by atoms with E-state index in [2.05, 4.69) is 5.87 Å². The van der Waals surface area contributed by atoms with Crippen LogP contribution in [0.25, 0.3) is 6.08 Å². The number of ketones is 1. The van der Waals surface area contributed by atoms with Crippen molar-refractivity contribution >= 4 is 23.7 Å². The molecule has 1 aromatic carbocycles. The fraction of sp³-hybridized carbons (Fsp3) is 0.444. The quantitative estimate of drug-likeness (QED) is 0.665. The standard InChI is InChI=1S/C18H23NO3/c1-17(2,3)16(21)18(4,5)12-22-15(20)14-8-6-7-13(11-14)9-10-19/h6-9,11,19H,12H2,1-5H3. The molecule has 1 rings (SSSR count). The maximum absolute atomic E-state index is 12.3. The topological polar surface area (TPSA) is 67.2 Å². The van der Waals surface area contributed by atoms with Crippen LogP contribution in [0, 0.1) is 16.2 Å². The second-order valence-corrected chi connectivity index (χ2v) is 6.95. The Morgan fingerprint density at radius 1 is 1.23 bits per heavy atom. The highest BCUT2D eigenvalue weighted by molar-refractivity contribution is 5.92. The zero-order chi connectivity index (χ0) is 17.0. The minimum atomic E-state index is -0.736. The van der Waals surface area contributed by atoms with Crippen molar-refractivity contribution in [1.29, 1.82) is 5.41 Å². The van der Waals surface area contributed by atoms with E-state index in [1.807, 2.05) is 20.8 Å². The van der Waals surface area contributed by atoms with E-state index in [0.717, 1.165) is 0 Å². The van der Waals surface area contributed by atoms with Crippen LogP contribution in [0.5, 0.6) is 0 Å².